The molecular weight excluding hydrogens is 417 g/mol. The van der Waals surface area contributed by atoms with Gasteiger partial charge in [0.15, 0.2) is 0 Å². The van der Waals surface area contributed by atoms with E-state index in [9.17, 15) is 9.18 Å². The number of likely N-dealkylation sites (tertiary alicyclic amines) is 1. The van der Waals surface area contributed by atoms with Crippen LogP contribution < -0.4 is 10.2 Å². The molecule has 1 amide bonds. The van der Waals surface area contributed by atoms with Gasteiger partial charge in [-0.15, -0.1) is 0 Å². The molecular formula is C26H32FN5O. The van der Waals surface area contributed by atoms with Crippen molar-refractivity contribution in [2.45, 2.75) is 38.6 Å². The van der Waals surface area contributed by atoms with Crippen LogP contribution in [0, 0.1) is 11.7 Å². The summed E-state index contributed by atoms with van der Waals surface area (Å²) in [5, 5.41) is 2.93. The third-order valence-electron chi connectivity index (χ3n) is 6.98. The maximum atomic E-state index is 13.1. The normalized spacial score (nSPS) is 18.0. The molecule has 6 nitrogen and oxygen atoms in total. The van der Waals surface area contributed by atoms with E-state index in [0.29, 0.717) is 5.69 Å². The third-order valence-corrected chi connectivity index (χ3v) is 6.98. The largest absolute Gasteiger partial charge is 0.342 e. The van der Waals surface area contributed by atoms with Crippen molar-refractivity contribution in [2.24, 2.45) is 5.92 Å². The van der Waals surface area contributed by atoms with Gasteiger partial charge in [0.2, 0.25) is 11.9 Å². The summed E-state index contributed by atoms with van der Waals surface area (Å²) in [6, 6.07) is 14.3. The number of halogens is 1. The minimum absolute atomic E-state index is 0.0138. The fraction of sp³-hybridized carbons (Fsp3) is 0.462. The Bertz CT molecular complexity index is 1080. The van der Waals surface area contributed by atoms with E-state index >= 15 is 0 Å². The highest BCUT2D eigenvalue weighted by Gasteiger charge is 2.28. The number of nitrogens with one attached hydrogen (secondary N) is 1. The van der Waals surface area contributed by atoms with Crippen LogP contribution in [0.5, 0.6) is 0 Å². The lowest BCUT2D eigenvalue weighted by Crippen LogP contribution is -2.40. The topological polar surface area (TPSA) is 53.4 Å². The van der Waals surface area contributed by atoms with Gasteiger partial charge in [-0.05, 0) is 75.2 Å². The predicted octanol–water partition coefficient (Wildman–Crippen LogP) is 4.52. The molecule has 0 atom stereocenters. The van der Waals surface area contributed by atoms with Gasteiger partial charge in [0.05, 0.1) is 11.0 Å². The Hall–Kier alpha value is -2.93. The van der Waals surface area contributed by atoms with Crippen molar-refractivity contribution in [1.29, 1.82) is 0 Å². The standard InChI is InChI=1S/C26H32FN5O/c27-21-8-10-22(11-9-21)28-25(33)20-12-16-31(17-13-20)26-29-23-6-2-3-7-24(23)32(26)19-18-30-14-4-1-5-15-30/h2-3,6-11,20H,1,4-5,12-19H2,(H,28,33). The van der Waals surface area contributed by atoms with E-state index < -0.39 is 0 Å². The fourth-order valence-electron chi connectivity index (χ4n) is 5.07. The summed E-state index contributed by atoms with van der Waals surface area (Å²) in [6.07, 6.45) is 5.50. The van der Waals surface area contributed by atoms with Gasteiger partial charge >= 0.3 is 0 Å². The van der Waals surface area contributed by atoms with Gasteiger partial charge in [0, 0.05) is 37.8 Å². The molecule has 2 fully saturated rings. The Labute approximate surface area is 194 Å². The zero-order chi connectivity index (χ0) is 22.6. The van der Waals surface area contributed by atoms with Crippen LogP contribution in [0.4, 0.5) is 16.0 Å². The second-order valence-electron chi connectivity index (χ2n) is 9.21. The number of carbonyl (C=O) groups is 1. The van der Waals surface area contributed by atoms with Crippen LogP contribution in [0.15, 0.2) is 48.5 Å². The zero-order valence-corrected chi connectivity index (χ0v) is 19.0. The van der Waals surface area contributed by atoms with Crippen LogP contribution in [0.2, 0.25) is 0 Å². The maximum Gasteiger partial charge on any atom is 0.227 e. The molecule has 1 aromatic heterocycles. The maximum absolute atomic E-state index is 13.1. The number of amides is 1. The van der Waals surface area contributed by atoms with Crippen LogP contribution in [-0.4, -0.2) is 53.1 Å². The van der Waals surface area contributed by atoms with Gasteiger partial charge in [-0.3, -0.25) is 4.79 Å². The lowest BCUT2D eigenvalue weighted by Gasteiger charge is -2.33. The zero-order valence-electron chi connectivity index (χ0n) is 19.0. The van der Waals surface area contributed by atoms with E-state index in [2.05, 4.69) is 37.9 Å². The molecule has 3 aromatic rings. The Morgan fingerprint density at radius 2 is 1.67 bits per heavy atom. The monoisotopic (exact) mass is 449 g/mol. The quantitative estimate of drug-likeness (QED) is 0.601. The smallest absolute Gasteiger partial charge is 0.227 e. The summed E-state index contributed by atoms with van der Waals surface area (Å²) in [5.41, 5.74) is 2.85. The van der Waals surface area contributed by atoms with Crippen molar-refractivity contribution < 1.29 is 9.18 Å². The number of rotatable bonds is 6. The Kier molecular flexibility index (Phi) is 6.58. The minimum atomic E-state index is -0.301. The number of imidazole rings is 1. The van der Waals surface area contributed by atoms with Crippen LogP contribution in [-0.2, 0) is 11.3 Å². The lowest BCUT2D eigenvalue weighted by atomic mass is 9.96. The second kappa shape index (κ2) is 9.91. The summed E-state index contributed by atoms with van der Waals surface area (Å²) in [7, 11) is 0. The highest BCUT2D eigenvalue weighted by atomic mass is 19.1. The van der Waals surface area contributed by atoms with E-state index in [1.54, 1.807) is 12.1 Å². The van der Waals surface area contributed by atoms with Gasteiger partial charge in [-0.1, -0.05) is 18.6 Å². The molecule has 5 rings (SSSR count). The van der Waals surface area contributed by atoms with Crippen LogP contribution in [0.25, 0.3) is 11.0 Å². The van der Waals surface area contributed by atoms with Crippen LogP contribution in [0.3, 0.4) is 0 Å². The second-order valence-corrected chi connectivity index (χ2v) is 9.21. The minimum Gasteiger partial charge on any atom is -0.342 e. The van der Waals surface area contributed by atoms with Crippen LogP contribution in [0.1, 0.15) is 32.1 Å². The molecule has 33 heavy (non-hydrogen) atoms. The van der Waals surface area contributed by atoms with Crippen LogP contribution >= 0.6 is 0 Å². The van der Waals surface area contributed by atoms with E-state index in [1.807, 2.05) is 6.07 Å². The molecule has 0 bridgehead atoms. The molecule has 3 heterocycles. The molecule has 2 aromatic carbocycles. The average molecular weight is 450 g/mol. The van der Waals surface area contributed by atoms with Crippen molar-refractivity contribution in [3.63, 3.8) is 0 Å². The lowest BCUT2D eigenvalue weighted by molar-refractivity contribution is -0.120. The number of nitrogens with zero attached hydrogens (tertiary/aromatic N) is 4. The molecule has 0 saturated carbocycles. The number of piperidine rings is 2. The molecule has 0 radical (unpaired) electrons. The first-order chi connectivity index (χ1) is 16.2. The molecule has 2 saturated heterocycles. The first-order valence-electron chi connectivity index (χ1n) is 12.2. The predicted molar refractivity (Wildman–Crippen MR) is 130 cm³/mol. The van der Waals surface area contributed by atoms with Gasteiger partial charge < -0.3 is 19.7 Å². The Morgan fingerprint density at radius 3 is 2.42 bits per heavy atom. The SMILES string of the molecule is O=C(Nc1ccc(F)cc1)C1CCN(c2nc3ccccc3n2CCN2CCCCC2)CC1. The van der Waals surface area contributed by atoms with E-state index in [-0.39, 0.29) is 17.6 Å². The summed E-state index contributed by atoms with van der Waals surface area (Å²) in [4.78, 5) is 22.6. The summed E-state index contributed by atoms with van der Waals surface area (Å²) in [6.45, 7) is 5.96. The summed E-state index contributed by atoms with van der Waals surface area (Å²) >= 11 is 0. The molecule has 2 aliphatic heterocycles. The van der Waals surface area contributed by atoms with E-state index in [4.69, 9.17) is 4.98 Å². The number of hydrogen-bond donors (Lipinski definition) is 1. The van der Waals surface area contributed by atoms with E-state index in [0.717, 1.165) is 50.5 Å². The molecule has 7 heteroatoms. The first-order valence-corrected chi connectivity index (χ1v) is 12.2. The molecule has 1 N–H and O–H groups in total. The number of benzene rings is 2. The average Bonchev–Trinajstić information content (AvgIpc) is 3.23. The highest BCUT2D eigenvalue weighted by molar-refractivity contribution is 5.92. The highest BCUT2D eigenvalue weighted by Crippen LogP contribution is 2.28. The molecule has 0 spiro atoms. The van der Waals surface area contributed by atoms with Crippen molar-refractivity contribution in [2.75, 3.05) is 42.9 Å². The van der Waals surface area contributed by atoms with Gasteiger partial charge in [0.25, 0.3) is 0 Å². The van der Waals surface area contributed by atoms with Gasteiger partial charge in [-0.2, -0.15) is 0 Å². The van der Waals surface area contributed by atoms with Crippen molar-refractivity contribution in [3.8, 4) is 0 Å². The van der Waals surface area contributed by atoms with E-state index in [1.165, 1.54) is 50.0 Å². The van der Waals surface area contributed by atoms with Gasteiger partial charge in [-0.25, -0.2) is 9.37 Å². The number of aromatic nitrogens is 2. The number of anilines is 2. The Morgan fingerprint density at radius 1 is 0.939 bits per heavy atom. The van der Waals surface area contributed by atoms with Crippen molar-refractivity contribution in [1.82, 2.24) is 14.5 Å². The molecule has 2 aliphatic rings. The summed E-state index contributed by atoms with van der Waals surface area (Å²) < 4.78 is 15.5. The molecule has 0 aliphatic carbocycles. The number of hydrogen-bond acceptors (Lipinski definition) is 4. The van der Waals surface area contributed by atoms with Crippen molar-refractivity contribution in [3.05, 3.63) is 54.3 Å². The number of fused-ring (bicyclic) bond motifs is 1. The number of para-hydroxylation sites is 2. The first kappa shape index (κ1) is 21.9. The number of carbonyl (C=O) groups excluding carboxylic acids is 1. The summed E-state index contributed by atoms with van der Waals surface area (Å²) in [5.74, 6) is 0.687. The molecule has 174 valence electrons. The van der Waals surface area contributed by atoms with Crippen molar-refractivity contribution >= 4 is 28.6 Å². The third kappa shape index (κ3) is 5.03. The fourth-order valence-corrected chi connectivity index (χ4v) is 5.07. The van der Waals surface area contributed by atoms with Gasteiger partial charge in [0.1, 0.15) is 5.82 Å². The Balaban J connectivity index is 1.25. The molecule has 0 unspecified atom stereocenters.